The van der Waals surface area contributed by atoms with Gasteiger partial charge in [0.1, 0.15) is 0 Å². The molecule has 1 rings (SSSR count). The molecule has 0 saturated carbocycles. The Morgan fingerprint density at radius 1 is 1.40 bits per heavy atom. The molecule has 0 bridgehead atoms. The summed E-state index contributed by atoms with van der Waals surface area (Å²) >= 11 is 0. The normalized spacial score (nSPS) is 13.2. The van der Waals surface area contributed by atoms with E-state index in [1.54, 1.807) is 12.1 Å². The molecule has 0 fully saturated rings. The van der Waals surface area contributed by atoms with Gasteiger partial charge in [-0.15, -0.1) is 0 Å². The van der Waals surface area contributed by atoms with Crippen LogP contribution in [0.4, 0.5) is 5.69 Å². The number of rotatable bonds is 6. The second-order valence-corrected chi connectivity index (χ2v) is 6.80. The predicted octanol–water partition coefficient (Wildman–Crippen LogP) is 0.860. The van der Waals surface area contributed by atoms with Crippen molar-refractivity contribution >= 4 is 21.6 Å². The standard InChI is InChI=1S/C13H21N3O3S/c1-4-10(9-14)13(17)15-11-6-5-7-12(8-11)20(18,19)16(2)3/h5-8,10H,4,9,14H2,1-3H3,(H,15,17). The lowest BCUT2D eigenvalue weighted by atomic mass is 10.1. The van der Waals surface area contributed by atoms with E-state index in [0.29, 0.717) is 12.1 Å². The number of nitrogens with two attached hydrogens (primary N) is 1. The van der Waals surface area contributed by atoms with E-state index in [1.807, 2.05) is 6.92 Å². The van der Waals surface area contributed by atoms with Gasteiger partial charge in [0, 0.05) is 26.3 Å². The van der Waals surface area contributed by atoms with Gasteiger partial charge in [-0.3, -0.25) is 4.79 Å². The average molecular weight is 299 g/mol. The number of hydrogen-bond donors (Lipinski definition) is 2. The maximum Gasteiger partial charge on any atom is 0.242 e. The minimum Gasteiger partial charge on any atom is -0.330 e. The molecular formula is C13H21N3O3S. The average Bonchev–Trinajstić information content (AvgIpc) is 2.40. The van der Waals surface area contributed by atoms with Crippen LogP contribution in [0.3, 0.4) is 0 Å². The van der Waals surface area contributed by atoms with Crippen molar-refractivity contribution < 1.29 is 13.2 Å². The van der Waals surface area contributed by atoms with Crippen molar-refractivity contribution in [1.29, 1.82) is 0 Å². The predicted molar refractivity (Wildman–Crippen MR) is 78.8 cm³/mol. The lowest BCUT2D eigenvalue weighted by molar-refractivity contribution is -0.119. The number of anilines is 1. The third kappa shape index (κ3) is 3.78. The molecule has 0 aliphatic rings. The van der Waals surface area contributed by atoms with Crippen LogP contribution in [0.15, 0.2) is 29.2 Å². The summed E-state index contributed by atoms with van der Waals surface area (Å²) in [5.74, 6) is -0.474. The molecule has 1 unspecified atom stereocenters. The van der Waals surface area contributed by atoms with Gasteiger partial charge < -0.3 is 11.1 Å². The molecule has 1 amide bonds. The minimum atomic E-state index is -3.51. The molecule has 6 nitrogen and oxygen atoms in total. The van der Waals surface area contributed by atoms with E-state index < -0.39 is 10.0 Å². The van der Waals surface area contributed by atoms with E-state index in [9.17, 15) is 13.2 Å². The lowest BCUT2D eigenvalue weighted by Crippen LogP contribution is -2.28. The van der Waals surface area contributed by atoms with Crippen LogP contribution >= 0.6 is 0 Å². The highest BCUT2D eigenvalue weighted by molar-refractivity contribution is 7.89. The van der Waals surface area contributed by atoms with Crippen LogP contribution in [0.5, 0.6) is 0 Å². The van der Waals surface area contributed by atoms with Gasteiger partial charge in [-0.25, -0.2) is 12.7 Å². The first kappa shape index (κ1) is 16.6. The van der Waals surface area contributed by atoms with Crippen molar-refractivity contribution in [3.05, 3.63) is 24.3 Å². The fourth-order valence-corrected chi connectivity index (χ4v) is 2.60. The molecule has 0 aliphatic carbocycles. The summed E-state index contributed by atoms with van der Waals surface area (Å²) in [6.45, 7) is 2.14. The molecule has 1 atom stereocenters. The Balaban J connectivity index is 2.98. The number of carbonyl (C=O) groups is 1. The first-order chi connectivity index (χ1) is 9.32. The van der Waals surface area contributed by atoms with Gasteiger partial charge in [-0.2, -0.15) is 0 Å². The summed E-state index contributed by atoms with van der Waals surface area (Å²) < 4.78 is 25.1. The molecule has 1 aromatic carbocycles. The number of nitrogens with one attached hydrogen (secondary N) is 1. The third-order valence-electron chi connectivity index (χ3n) is 3.03. The maximum atomic E-state index is 12.0. The van der Waals surface area contributed by atoms with Crippen LogP contribution in [0.25, 0.3) is 0 Å². The number of carbonyl (C=O) groups excluding carboxylic acids is 1. The molecule has 0 heterocycles. The molecule has 3 N–H and O–H groups in total. The van der Waals surface area contributed by atoms with E-state index in [2.05, 4.69) is 5.32 Å². The topological polar surface area (TPSA) is 92.5 Å². The van der Waals surface area contributed by atoms with E-state index in [4.69, 9.17) is 5.73 Å². The van der Waals surface area contributed by atoms with Crippen LogP contribution in [0.2, 0.25) is 0 Å². The van der Waals surface area contributed by atoms with Crippen molar-refractivity contribution in [3.63, 3.8) is 0 Å². The smallest absolute Gasteiger partial charge is 0.242 e. The zero-order valence-electron chi connectivity index (χ0n) is 12.0. The molecular weight excluding hydrogens is 278 g/mol. The van der Waals surface area contributed by atoms with Crippen molar-refractivity contribution in [1.82, 2.24) is 4.31 Å². The van der Waals surface area contributed by atoms with Crippen molar-refractivity contribution in [2.75, 3.05) is 26.0 Å². The van der Waals surface area contributed by atoms with E-state index in [1.165, 1.54) is 26.2 Å². The molecule has 7 heteroatoms. The van der Waals surface area contributed by atoms with Gasteiger partial charge in [-0.05, 0) is 24.6 Å². The van der Waals surface area contributed by atoms with Gasteiger partial charge in [0.05, 0.1) is 10.8 Å². The van der Waals surface area contributed by atoms with Gasteiger partial charge in [0.25, 0.3) is 0 Å². The van der Waals surface area contributed by atoms with Crippen molar-refractivity contribution in [2.45, 2.75) is 18.2 Å². The Labute approximate surface area is 120 Å². The Morgan fingerprint density at radius 3 is 2.55 bits per heavy atom. The Morgan fingerprint density at radius 2 is 2.05 bits per heavy atom. The summed E-state index contributed by atoms with van der Waals surface area (Å²) in [4.78, 5) is 12.1. The van der Waals surface area contributed by atoms with E-state index in [0.717, 1.165) is 4.31 Å². The first-order valence-corrected chi connectivity index (χ1v) is 7.80. The Kier molecular flexibility index (Phi) is 5.67. The number of benzene rings is 1. The third-order valence-corrected chi connectivity index (χ3v) is 4.84. The first-order valence-electron chi connectivity index (χ1n) is 6.36. The highest BCUT2D eigenvalue weighted by Gasteiger charge is 2.19. The number of sulfonamides is 1. The van der Waals surface area contributed by atoms with Crippen molar-refractivity contribution in [3.8, 4) is 0 Å². The number of amides is 1. The van der Waals surface area contributed by atoms with Gasteiger partial charge in [-0.1, -0.05) is 13.0 Å². The fourth-order valence-electron chi connectivity index (χ4n) is 1.65. The molecule has 0 aromatic heterocycles. The number of hydrogen-bond acceptors (Lipinski definition) is 4. The zero-order chi connectivity index (χ0) is 15.3. The summed E-state index contributed by atoms with van der Waals surface area (Å²) in [6, 6.07) is 6.17. The quantitative estimate of drug-likeness (QED) is 0.815. The highest BCUT2D eigenvalue weighted by atomic mass is 32.2. The monoisotopic (exact) mass is 299 g/mol. The fraction of sp³-hybridized carbons (Fsp3) is 0.462. The number of nitrogens with zero attached hydrogens (tertiary/aromatic N) is 1. The molecule has 0 saturated heterocycles. The van der Waals surface area contributed by atoms with Gasteiger partial charge in [0.15, 0.2) is 0 Å². The minimum absolute atomic E-state index is 0.140. The molecule has 20 heavy (non-hydrogen) atoms. The van der Waals surface area contributed by atoms with Crippen LogP contribution in [-0.4, -0.2) is 39.3 Å². The van der Waals surface area contributed by atoms with Crippen LogP contribution in [0, 0.1) is 5.92 Å². The molecule has 112 valence electrons. The lowest BCUT2D eigenvalue weighted by Gasteiger charge is -2.15. The highest BCUT2D eigenvalue weighted by Crippen LogP contribution is 2.18. The summed E-state index contributed by atoms with van der Waals surface area (Å²) in [5.41, 5.74) is 5.96. The molecule has 0 radical (unpaired) electrons. The van der Waals surface area contributed by atoms with Crippen LogP contribution in [-0.2, 0) is 14.8 Å². The second-order valence-electron chi connectivity index (χ2n) is 4.65. The maximum absolute atomic E-state index is 12.0. The molecule has 0 spiro atoms. The van der Waals surface area contributed by atoms with Crippen molar-refractivity contribution in [2.24, 2.45) is 11.7 Å². The summed E-state index contributed by atoms with van der Waals surface area (Å²) in [5, 5.41) is 2.69. The zero-order valence-corrected chi connectivity index (χ0v) is 12.8. The second kappa shape index (κ2) is 6.83. The molecule has 1 aromatic rings. The summed E-state index contributed by atoms with van der Waals surface area (Å²) in [6.07, 6.45) is 0.637. The van der Waals surface area contributed by atoms with E-state index in [-0.39, 0.29) is 23.3 Å². The van der Waals surface area contributed by atoms with E-state index >= 15 is 0 Å². The van der Waals surface area contributed by atoms with Crippen LogP contribution < -0.4 is 11.1 Å². The summed E-state index contributed by atoms with van der Waals surface area (Å²) in [7, 11) is -0.588. The Hall–Kier alpha value is -1.44. The Bertz CT molecular complexity index is 566. The molecule has 0 aliphatic heterocycles. The SMILES string of the molecule is CCC(CN)C(=O)Nc1cccc(S(=O)(=O)N(C)C)c1. The largest absolute Gasteiger partial charge is 0.330 e. The van der Waals surface area contributed by atoms with Gasteiger partial charge in [0.2, 0.25) is 15.9 Å². The van der Waals surface area contributed by atoms with Gasteiger partial charge >= 0.3 is 0 Å². The van der Waals surface area contributed by atoms with Crippen LogP contribution in [0.1, 0.15) is 13.3 Å².